The molecule has 0 aromatic heterocycles. The third-order valence-corrected chi connectivity index (χ3v) is 2.18. The maximum absolute atomic E-state index is 13.6. The molecule has 17 heavy (non-hydrogen) atoms. The van der Waals surface area contributed by atoms with Crippen LogP contribution in [0.4, 0.5) is 4.39 Å². The summed E-state index contributed by atoms with van der Waals surface area (Å²) in [6.07, 6.45) is 0.505. The number of benzene rings is 1. The number of ketones is 1. The lowest BCUT2D eigenvalue weighted by molar-refractivity contribution is 0.0970. The SMILES string of the molecule is CC(C)Oc1ccc(C(=O)CCCO)cc1F. The summed E-state index contributed by atoms with van der Waals surface area (Å²) in [6, 6.07) is 4.18. The Morgan fingerprint density at radius 2 is 2.18 bits per heavy atom. The molecule has 3 nitrogen and oxygen atoms in total. The Morgan fingerprint density at radius 1 is 1.47 bits per heavy atom. The van der Waals surface area contributed by atoms with E-state index in [0.717, 1.165) is 0 Å². The number of carbonyl (C=O) groups is 1. The van der Waals surface area contributed by atoms with E-state index in [4.69, 9.17) is 9.84 Å². The molecule has 0 unspecified atom stereocenters. The van der Waals surface area contributed by atoms with Gasteiger partial charge >= 0.3 is 0 Å². The zero-order chi connectivity index (χ0) is 12.8. The molecule has 1 aromatic rings. The molecule has 0 atom stereocenters. The van der Waals surface area contributed by atoms with Crippen molar-refractivity contribution >= 4 is 5.78 Å². The number of aliphatic hydroxyl groups excluding tert-OH is 1. The fourth-order valence-electron chi connectivity index (χ4n) is 1.41. The van der Waals surface area contributed by atoms with Gasteiger partial charge in [0.2, 0.25) is 0 Å². The van der Waals surface area contributed by atoms with Crippen LogP contribution >= 0.6 is 0 Å². The van der Waals surface area contributed by atoms with Gasteiger partial charge in [0.25, 0.3) is 0 Å². The quantitative estimate of drug-likeness (QED) is 0.777. The minimum absolute atomic E-state index is 0.0389. The van der Waals surface area contributed by atoms with Crippen LogP contribution in [-0.4, -0.2) is 23.6 Å². The Morgan fingerprint density at radius 3 is 2.71 bits per heavy atom. The first-order valence-corrected chi connectivity index (χ1v) is 5.65. The number of carbonyl (C=O) groups excluding carboxylic acids is 1. The minimum atomic E-state index is -0.534. The Labute approximate surface area is 100 Å². The number of hydrogen-bond donors (Lipinski definition) is 1. The number of Topliss-reactive ketones (excluding diaryl/α,β-unsaturated/α-hetero) is 1. The summed E-state index contributed by atoms with van der Waals surface area (Å²) in [5, 5.41) is 8.61. The Balaban J connectivity index is 2.77. The van der Waals surface area contributed by atoms with E-state index in [1.54, 1.807) is 19.9 Å². The van der Waals surface area contributed by atoms with Gasteiger partial charge in [-0.1, -0.05) is 0 Å². The second-order valence-electron chi connectivity index (χ2n) is 4.06. The van der Waals surface area contributed by atoms with E-state index in [-0.39, 0.29) is 30.7 Å². The number of halogens is 1. The average molecular weight is 240 g/mol. The van der Waals surface area contributed by atoms with Gasteiger partial charge in [-0.15, -0.1) is 0 Å². The average Bonchev–Trinajstić information content (AvgIpc) is 2.28. The van der Waals surface area contributed by atoms with Crippen LogP contribution in [0.2, 0.25) is 0 Å². The predicted molar refractivity (Wildman–Crippen MR) is 62.8 cm³/mol. The van der Waals surface area contributed by atoms with Crippen molar-refractivity contribution in [3.8, 4) is 5.75 Å². The lowest BCUT2D eigenvalue weighted by Gasteiger charge is -2.11. The first-order valence-electron chi connectivity index (χ1n) is 5.65. The normalized spacial score (nSPS) is 10.6. The van der Waals surface area contributed by atoms with E-state index in [1.807, 2.05) is 0 Å². The van der Waals surface area contributed by atoms with Crippen LogP contribution in [0.25, 0.3) is 0 Å². The number of aliphatic hydroxyl groups is 1. The summed E-state index contributed by atoms with van der Waals surface area (Å²) in [7, 11) is 0. The standard InChI is InChI=1S/C13H17FO3/c1-9(2)17-13-6-5-10(8-11(13)14)12(16)4-3-7-15/h5-6,8-9,15H,3-4,7H2,1-2H3. The molecule has 1 rings (SSSR count). The van der Waals surface area contributed by atoms with Crippen LogP contribution in [0.5, 0.6) is 5.75 Å². The fourth-order valence-corrected chi connectivity index (χ4v) is 1.41. The molecule has 0 aliphatic heterocycles. The van der Waals surface area contributed by atoms with Crippen LogP contribution in [0, 0.1) is 5.82 Å². The summed E-state index contributed by atoms with van der Waals surface area (Å²) in [4.78, 5) is 11.6. The van der Waals surface area contributed by atoms with Crippen molar-refractivity contribution in [3.05, 3.63) is 29.6 Å². The van der Waals surface area contributed by atoms with E-state index in [9.17, 15) is 9.18 Å². The van der Waals surface area contributed by atoms with Gasteiger partial charge in [0.15, 0.2) is 17.3 Å². The van der Waals surface area contributed by atoms with Crippen molar-refractivity contribution in [3.63, 3.8) is 0 Å². The highest BCUT2D eigenvalue weighted by atomic mass is 19.1. The highest BCUT2D eigenvalue weighted by Crippen LogP contribution is 2.20. The number of ether oxygens (including phenoxy) is 1. The van der Waals surface area contributed by atoms with Gasteiger partial charge in [-0.25, -0.2) is 4.39 Å². The molecule has 0 spiro atoms. The first-order chi connectivity index (χ1) is 8.04. The molecule has 0 saturated heterocycles. The molecule has 1 aromatic carbocycles. The Kier molecular flexibility index (Phi) is 5.10. The van der Waals surface area contributed by atoms with Gasteiger partial charge in [0.1, 0.15) is 0 Å². The molecule has 94 valence electrons. The molecule has 0 fully saturated rings. The van der Waals surface area contributed by atoms with Crippen molar-refractivity contribution in [2.24, 2.45) is 0 Å². The predicted octanol–water partition coefficient (Wildman–Crippen LogP) is 2.57. The smallest absolute Gasteiger partial charge is 0.165 e. The summed E-state index contributed by atoms with van der Waals surface area (Å²) < 4.78 is 18.8. The second-order valence-corrected chi connectivity index (χ2v) is 4.06. The zero-order valence-corrected chi connectivity index (χ0v) is 10.1. The summed E-state index contributed by atoms with van der Waals surface area (Å²) in [5.41, 5.74) is 0.312. The van der Waals surface area contributed by atoms with Crippen molar-refractivity contribution in [2.45, 2.75) is 32.8 Å². The molecular formula is C13H17FO3. The lowest BCUT2D eigenvalue weighted by Crippen LogP contribution is -2.08. The summed E-state index contributed by atoms with van der Waals surface area (Å²) in [6.45, 7) is 3.57. The third-order valence-electron chi connectivity index (χ3n) is 2.18. The molecule has 0 aliphatic carbocycles. The second kappa shape index (κ2) is 6.35. The van der Waals surface area contributed by atoms with Gasteiger partial charge in [0, 0.05) is 18.6 Å². The van der Waals surface area contributed by atoms with E-state index in [1.165, 1.54) is 12.1 Å². The molecule has 0 bridgehead atoms. The fraction of sp³-hybridized carbons (Fsp3) is 0.462. The molecule has 0 amide bonds. The zero-order valence-electron chi connectivity index (χ0n) is 10.1. The van der Waals surface area contributed by atoms with Crippen LogP contribution in [0.3, 0.4) is 0 Å². The Hall–Kier alpha value is -1.42. The number of hydrogen-bond acceptors (Lipinski definition) is 3. The molecular weight excluding hydrogens is 223 g/mol. The summed E-state index contributed by atoms with van der Waals surface area (Å²) >= 11 is 0. The van der Waals surface area contributed by atoms with E-state index in [0.29, 0.717) is 12.0 Å². The summed E-state index contributed by atoms with van der Waals surface area (Å²) in [5.74, 6) is -0.554. The monoisotopic (exact) mass is 240 g/mol. The molecule has 0 radical (unpaired) electrons. The maximum atomic E-state index is 13.6. The van der Waals surface area contributed by atoms with Gasteiger partial charge in [-0.3, -0.25) is 4.79 Å². The van der Waals surface area contributed by atoms with E-state index in [2.05, 4.69) is 0 Å². The van der Waals surface area contributed by atoms with Gasteiger partial charge in [-0.05, 0) is 38.5 Å². The van der Waals surface area contributed by atoms with Crippen LogP contribution in [0.1, 0.15) is 37.0 Å². The largest absolute Gasteiger partial charge is 0.488 e. The number of rotatable bonds is 6. The van der Waals surface area contributed by atoms with Crippen molar-refractivity contribution in [1.29, 1.82) is 0 Å². The van der Waals surface area contributed by atoms with E-state index >= 15 is 0 Å². The molecule has 0 saturated carbocycles. The molecule has 4 heteroatoms. The van der Waals surface area contributed by atoms with E-state index < -0.39 is 5.82 Å². The third kappa shape index (κ3) is 4.15. The molecule has 0 heterocycles. The van der Waals surface area contributed by atoms with Crippen LogP contribution in [0.15, 0.2) is 18.2 Å². The highest BCUT2D eigenvalue weighted by Gasteiger charge is 2.11. The molecule has 1 N–H and O–H groups in total. The van der Waals surface area contributed by atoms with Gasteiger partial charge in [0.05, 0.1) is 6.10 Å². The lowest BCUT2D eigenvalue weighted by atomic mass is 10.1. The Bertz CT molecular complexity index is 388. The van der Waals surface area contributed by atoms with Crippen molar-refractivity contribution in [1.82, 2.24) is 0 Å². The van der Waals surface area contributed by atoms with Gasteiger partial charge in [-0.2, -0.15) is 0 Å². The molecule has 0 aliphatic rings. The maximum Gasteiger partial charge on any atom is 0.165 e. The van der Waals surface area contributed by atoms with Crippen LogP contribution < -0.4 is 4.74 Å². The first kappa shape index (κ1) is 13.6. The van der Waals surface area contributed by atoms with Crippen molar-refractivity contribution in [2.75, 3.05) is 6.61 Å². The van der Waals surface area contributed by atoms with Gasteiger partial charge < -0.3 is 9.84 Å². The topological polar surface area (TPSA) is 46.5 Å². The van der Waals surface area contributed by atoms with Crippen molar-refractivity contribution < 1.29 is 19.0 Å². The minimum Gasteiger partial charge on any atom is -0.488 e. The van der Waals surface area contributed by atoms with Crippen LogP contribution in [-0.2, 0) is 0 Å². The highest BCUT2D eigenvalue weighted by molar-refractivity contribution is 5.96.